The van der Waals surface area contributed by atoms with Gasteiger partial charge in [-0.2, -0.15) is 0 Å². The zero-order valence-electron chi connectivity index (χ0n) is 15.5. The first kappa shape index (κ1) is 19.0. The molecule has 0 bridgehead atoms. The molecular weight excluding hydrogens is 272 g/mol. The number of ether oxygens (including phenoxy) is 1. The van der Waals surface area contributed by atoms with Crippen LogP contribution in [0.5, 0.6) is 0 Å². The summed E-state index contributed by atoms with van der Waals surface area (Å²) >= 11 is 0. The molecule has 126 valence electrons. The number of carbonyl (C=O) groups excluding carboxylic acids is 1. The molecule has 1 heterocycles. The van der Waals surface area contributed by atoms with Gasteiger partial charge in [0.25, 0.3) is 0 Å². The number of carbonyl (C=O) groups is 1. The van der Waals surface area contributed by atoms with Crippen molar-refractivity contribution in [1.29, 1.82) is 0 Å². The quantitative estimate of drug-likeness (QED) is 0.576. The molecule has 0 aromatic heterocycles. The Morgan fingerprint density at radius 1 is 1.23 bits per heavy atom. The van der Waals surface area contributed by atoms with Crippen LogP contribution in [0.15, 0.2) is 23.0 Å². The van der Waals surface area contributed by atoms with Crippen LogP contribution in [-0.2, 0) is 9.53 Å². The van der Waals surface area contributed by atoms with E-state index in [-0.39, 0.29) is 11.9 Å². The molecule has 1 unspecified atom stereocenters. The van der Waals surface area contributed by atoms with E-state index < -0.39 is 0 Å². The van der Waals surface area contributed by atoms with Gasteiger partial charge in [0.2, 0.25) is 5.78 Å². The summed E-state index contributed by atoms with van der Waals surface area (Å²) in [6.07, 6.45) is 7.06. The minimum Gasteiger partial charge on any atom is -0.482 e. The fraction of sp³-hybridized carbons (Fsp3) is 0.750. The van der Waals surface area contributed by atoms with E-state index in [0.29, 0.717) is 5.92 Å². The number of rotatable bonds is 8. The molecule has 0 aromatic carbocycles. The fourth-order valence-corrected chi connectivity index (χ4v) is 3.72. The zero-order valence-corrected chi connectivity index (χ0v) is 15.5. The maximum Gasteiger partial charge on any atom is 0.202 e. The summed E-state index contributed by atoms with van der Waals surface area (Å²) in [6.45, 7) is 15.0. The Balaban J connectivity index is 2.59. The molecule has 0 fully saturated rings. The van der Waals surface area contributed by atoms with Crippen molar-refractivity contribution in [2.45, 2.75) is 80.3 Å². The Bertz CT molecular complexity index is 445. The molecule has 0 saturated carbocycles. The third kappa shape index (κ3) is 5.30. The molecule has 0 aliphatic carbocycles. The maximum absolute atomic E-state index is 11.9. The van der Waals surface area contributed by atoms with E-state index in [1.807, 2.05) is 13.8 Å². The summed E-state index contributed by atoms with van der Waals surface area (Å²) in [6, 6.07) is 0. The molecule has 22 heavy (non-hydrogen) atoms. The highest BCUT2D eigenvalue weighted by atomic mass is 16.5. The van der Waals surface area contributed by atoms with Crippen LogP contribution in [0.3, 0.4) is 0 Å². The molecule has 0 N–H and O–H groups in total. The highest BCUT2D eigenvalue weighted by molar-refractivity contribution is 6.01. The summed E-state index contributed by atoms with van der Waals surface area (Å²) in [4.78, 5) is 11.9. The number of allylic oxidation sites excluding steroid dienone is 2. The number of hydrogen-bond donors (Lipinski definition) is 0. The molecule has 0 amide bonds. The van der Waals surface area contributed by atoms with Crippen molar-refractivity contribution in [3.8, 4) is 0 Å². The summed E-state index contributed by atoms with van der Waals surface area (Å²) in [5, 5.41) is 0. The van der Waals surface area contributed by atoms with Crippen molar-refractivity contribution in [2.75, 3.05) is 0 Å². The van der Waals surface area contributed by atoms with Crippen LogP contribution in [-0.4, -0.2) is 11.9 Å². The van der Waals surface area contributed by atoms with Crippen LogP contribution in [0, 0.1) is 17.8 Å². The number of hydrogen-bond acceptors (Lipinski definition) is 2. The molecule has 4 atom stereocenters. The van der Waals surface area contributed by atoms with Crippen molar-refractivity contribution in [1.82, 2.24) is 0 Å². The molecule has 0 spiro atoms. The predicted molar refractivity (Wildman–Crippen MR) is 93.6 cm³/mol. The van der Waals surface area contributed by atoms with Gasteiger partial charge < -0.3 is 4.74 Å². The molecule has 2 heteroatoms. The average molecular weight is 306 g/mol. The molecule has 0 radical (unpaired) electrons. The van der Waals surface area contributed by atoms with Crippen LogP contribution in [0.1, 0.15) is 74.1 Å². The Hall–Kier alpha value is -1.05. The first-order chi connectivity index (χ1) is 10.3. The van der Waals surface area contributed by atoms with Gasteiger partial charge in [-0.15, -0.1) is 0 Å². The van der Waals surface area contributed by atoms with Crippen molar-refractivity contribution in [3.05, 3.63) is 23.0 Å². The van der Waals surface area contributed by atoms with Gasteiger partial charge in [0, 0.05) is 5.57 Å². The third-order valence-electron chi connectivity index (χ3n) is 4.63. The first-order valence-electron chi connectivity index (χ1n) is 8.86. The normalized spacial score (nSPS) is 23.5. The molecule has 1 aliphatic rings. The minimum absolute atomic E-state index is 0.122. The highest BCUT2D eigenvalue weighted by Gasteiger charge is 2.29. The largest absolute Gasteiger partial charge is 0.482 e. The summed E-state index contributed by atoms with van der Waals surface area (Å²) in [5.74, 6) is 2.99. The maximum atomic E-state index is 11.9. The number of Topliss-reactive ketones (excluding diaryl/α,β-unsaturated/α-hetero) is 1. The smallest absolute Gasteiger partial charge is 0.202 e. The standard InChI is InChI=1S/C20H34O2/c1-8-9-13(2)10-14(3)11-15(4)12-16(5)20-17(6)19(21)18(7)22-20/h12-15,18H,8-11H2,1-7H3/b16-12+/t13-,14-,15-,18?/m0/s1. The Kier molecular flexibility index (Phi) is 7.38. The van der Waals surface area contributed by atoms with Gasteiger partial charge in [-0.1, -0.05) is 46.6 Å². The lowest BCUT2D eigenvalue weighted by Crippen LogP contribution is -2.12. The topological polar surface area (TPSA) is 26.3 Å². The molecule has 0 aromatic rings. The Morgan fingerprint density at radius 2 is 1.86 bits per heavy atom. The summed E-state index contributed by atoms with van der Waals surface area (Å²) < 4.78 is 5.71. The second-order valence-corrected chi connectivity index (χ2v) is 7.38. The molecule has 1 rings (SSSR count). The minimum atomic E-state index is -0.317. The van der Waals surface area contributed by atoms with Gasteiger partial charge in [-0.25, -0.2) is 0 Å². The second-order valence-electron chi connectivity index (χ2n) is 7.38. The van der Waals surface area contributed by atoms with Gasteiger partial charge in [0.05, 0.1) is 0 Å². The predicted octanol–water partition coefficient (Wildman–Crippen LogP) is 5.68. The van der Waals surface area contributed by atoms with Crippen molar-refractivity contribution >= 4 is 5.78 Å². The fourth-order valence-electron chi connectivity index (χ4n) is 3.72. The van der Waals surface area contributed by atoms with Crippen molar-refractivity contribution < 1.29 is 9.53 Å². The van der Waals surface area contributed by atoms with Gasteiger partial charge in [0.1, 0.15) is 5.76 Å². The highest BCUT2D eigenvalue weighted by Crippen LogP contribution is 2.29. The summed E-state index contributed by atoms with van der Waals surface area (Å²) in [5.41, 5.74) is 1.88. The van der Waals surface area contributed by atoms with E-state index in [1.54, 1.807) is 0 Å². The zero-order chi connectivity index (χ0) is 16.9. The molecule has 1 aliphatic heterocycles. The van der Waals surface area contributed by atoms with Gasteiger partial charge in [-0.05, 0) is 56.9 Å². The van der Waals surface area contributed by atoms with E-state index in [9.17, 15) is 4.79 Å². The van der Waals surface area contributed by atoms with Crippen LogP contribution in [0.2, 0.25) is 0 Å². The summed E-state index contributed by atoms with van der Waals surface area (Å²) in [7, 11) is 0. The Morgan fingerprint density at radius 3 is 2.36 bits per heavy atom. The van der Waals surface area contributed by atoms with E-state index in [2.05, 4.69) is 40.7 Å². The molecule has 2 nitrogen and oxygen atoms in total. The lowest BCUT2D eigenvalue weighted by atomic mass is 9.87. The van der Waals surface area contributed by atoms with E-state index in [4.69, 9.17) is 4.74 Å². The van der Waals surface area contributed by atoms with Crippen LogP contribution < -0.4 is 0 Å². The second kappa shape index (κ2) is 8.55. The van der Waals surface area contributed by atoms with E-state index >= 15 is 0 Å². The van der Waals surface area contributed by atoms with Gasteiger partial charge >= 0.3 is 0 Å². The average Bonchev–Trinajstić information content (AvgIpc) is 2.66. The number of ketones is 1. The third-order valence-corrected chi connectivity index (χ3v) is 4.63. The molecular formula is C20H34O2. The SMILES string of the molecule is CCC[C@H](C)C[C@H](C)C[C@H](C)/C=C(\C)C1=C(C)C(=O)C(C)O1. The van der Waals surface area contributed by atoms with E-state index in [1.165, 1.54) is 25.7 Å². The first-order valence-corrected chi connectivity index (χ1v) is 8.86. The van der Waals surface area contributed by atoms with Crippen LogP contribution >= 0.6 is 0 Å². The lowest BCUT2D eigenvalue weighted by molar-refractivity contribution is -0.120. The lowest BCUT2D eigenvalue weighted by Gasteiger charge is -2.19. The molecule has 0 saturated heterocycles. The van der Waals surface area contributed by atoms with E-state index in [0.717, 1.165) is 28.7 Å². The van der Waals surface area contributed by atoms with Crippen molar-refractivity contribution in [3.63, 3.8) is 0 Å². The monoisotopic (exact) mass is 306 g/mol. The van der Waals surface area contributed by atoms with Crippen LogP contribution in [0.4, 0.5) is 0 Å². The van der Waals surface area contributed by atoms with Gasteiger partial charge in [-0.3, -0.25) is 4.79 Å². The van der Waals surface area contributed by atoms with Crippen molar-refractivity contribution in [2.24, 2.45) is 17.8 Å². The van der Waals surface area contributed by atoms with Gasteiger partial charge in [0.15, 0.2) is 6.10 Å². The Labute approximate surface area is 137 Å². The van der Waals surface area contributed by atoms with Crippen LogP contribution in [0.25, 0.3) is 0 Å².